The molecule has 110 valence electrons. The zero-order chi connectivity index (χ0) is 15.2. The average Bonchev–Trinajstić information content (AvgIpc) is 2.50. The van der Waals surface area contributed by atoms with E-state index in [0.29, 0.717) is 11.1 Å². The second-order valence-electron chi connectivity index (χ2n) is 5.19. The summed E-state index contributed by atoms with van der Waals surface area (Å²) in [7, 11) is 0. The third-order valence-electron chi connectivity index (χ3n) is 3.50. The molecule has 2 nitrogen and oxygen atoms in total. The van der Waals surface area contributed by atoms with Gasteiger partial charge < -0.3 is 5.32 Å². The summed E-state index contributed by atoms with van der Waals surface area (Å²) in [6.07, 6.45) is 1.85. The Bertz CT molecular complexity index is 610. The lowest BCUT2D eigenvalue weighted by atomic mass is 10.0. The Morgan fingerprint density at radius 3 is 2.52 bits per heavy atom. The molecule has 0 aliphatic carbocycles. The van der Waals surface area contributed by atoms with Crippen molar-refractivity contribution in [2.75, 3.05) is 0 Å². The van der Waals surface area contributed by atoms with Gasteiger partial charge in [0.05, 0.1) is 6.04 Å². The second kappa shape index (κ2) is 7.02. The lowest BCUT2D eigenvalue weighted by Gasteiger charge is -2.19. The summed E-state index contributed by atoms with van der Waals surface area (Å²) in [5.74, 6) is -0.458. The lowest BCUT2D eigenvalue weighted by molar-refractivity contribution is 0.0934. The highest BCUT2D eigenvalue weighted by Gasteiger charge is 2.15. The molecule has 1 unspecified atom stereocenters. The second-order valence-corrected chi connectivity index (χ2v) is 5.19. The first-order valence-corrected chi connectivity index (χ1v) is 7.23. The minimum atomic E-state index is -0.292. The fourth-order valence-corrected chi connectivity index (χ4v) is 2.32. The van der Waals surface area contributed by atoms with Crippen molar-refractivity contribution in [1.29, 1.82) is 0 Å². The number of rotatable bonds is 5. The van der Waals surface area contributed by atoms with Gasteiger partial charge in [-0.3, -0.25) is 4.79 Å². The van der Waals surface area contributed by atoms with E-state index in [-0.39, 0.29) is 17.8 Å². The van der Waals surface area contributed by atoms with Crippen molar-refractivity contribution < 1.29 is 9.18 Å². The number of hydrogen-bond donors (Lipinski definition) is 1. The Hall–Kier alpha value is -2.16. The Morgan fingerprint density at radius 1 is 1.19 bits per heavy atom. The smallest absolute Gasteiger partial charge is 0.251 e. The highest BCUT2D eigenvalue weighted by atomic mass is 19.1. The van der Waals surface area contributed by atoms with Crippen LogP contribution in [0, 0.1) is 12.7 Å². The minimum Gasteiger partial charge on any atom is -0.345 e. The van der Waals surface area contributed by atoms with Gasteiger partial charge in [-0.1, -0.05) is 43.7 Å². The van der Waals surface area contributed by atoms with E-state index < -0.39 is 0 Å². The van der Waals surface area contributed by atoms with Crippen LogP contribution < -0.4 is 5.32 Å². The number of halogens is 1. The van der Waals surface area contributed by atoms with Crippen LogP contribution in [0.5, 0.6) is 0 Å². The molecule has 0 saturated heterocycles. The van der Waals surface area contributed by atoms with E-state index in [0.717, 1.165) is 18.4 Å². The van der Waals surface area contributed by atoms with Crippen LogP contribution in [0.2, 0.25) is 0 Å². The Labute approximate surface area is 125 Å². The molecule has 1 N–H and O–H groups in total. The number of hydrogen-bond acceptors (Lipinski definition) is 1. The molecule has 0 saturated carbocycles. The molecule has 1 atom stereocenters. The first-order chi connectivity index (χ1) is 10.1. The van der Waals surface area contributed by atoms with Crippen LogP contribution in [0.15, 0.2) is 48.5 Å². The molecule has 0 aliphatic heterocycles. The summed E-state index contributed by atoms with van der Waals surface area (Å²) in [5.41, 5.74) is 2.06. The van der Waals surface area contributed by atoms with Crippen molar-refractivity contribution in [1.82, 2.24) is 5.32 Å². The normalized spacial score (nSPS) is 12.0. The zero-order valence-corrected chi connectivity index (χ0v) is 12.4. The van der Waals surface area contributed by atoms with E-state index in [2.05, 4.69) is 12.2 Å². The number of aryl methyl sites for hydroxylation is 1. The van der Waals surface area contributed by atoms with Crippen LogP contribution in [0.4, 0.5) is 4.39 Å². The van der Waals surface area contributed by atoms with E-state index >= 15 is 0 Å². The molecule has 3 heteroatoms. The highest BCUT2D eigenvalue weighted by Crippen LogP contribution is 2.19. The van der Waals surface area contributed by atoms with E-state index in [1.54, 1.807) is 13.0 Å². The quantitative estimate of drug-likeness (QED) is 0.866. The maximum absolute atomic E-state index is 13.3. The predicted octanol–water partition coefficient (Wildman–Crippen LogP) is 4.41. The first kappa shape index (κ1) is 15.2. The van der Waals surface area contributed by atoms with Gasteiger partial charge in [0.25, 0.3) is 5.91 Å². The maximum Gasteiger partial charge on any atom is 0.251 e. The third-order valence-corrected chi connectivity index (χ3v) is 3.50. The van der Waals surface area contributed by atoms with Gasteiger partial charge in [0, 0.05) is 5.56 Å². The number of carbonyl (C=O) groups is 1. The summed E-state index contributed by atoms with van der Waals surface area (Å²) in [6.45, 7) is 3.75. The van der Waals surface area contributed by atoms with Crippen molar-refractivity contribution in [3.8, 4) is 0 Å². The van der Waals surface area contributed by atoms with E-state index in [1.807, 2.05) is 30.3 Å². The minimum absolute atomic E-state index is 0.0194. The molecule has 1 amide bonds. The summed E-state index contributed by atoms with van der Waals surface area (Å²) in [4.78, 5) is 12.3. The molecule has 0 bridgehead atoms. The van der Waals surface area contributed by atoms with Gasteiger partial charge in [0.15, 0.2) is 0 Å². The van der Waals surface area contributed by atoms with Crippen LogP contribution in [-0.2, 0) is 0 Å². The maximum atomic E-state index is 13.3. The molecular formula is C18H20FNO. The van der Waals surface area contributed by atoms with Crippen LogP contribution in [0.1, 0.15) is 47.3 Å². The van der Waals surface area contributed by atoms with Gasteiger partial charge >= 0.3 is 0 Å². The van der Waals surface area contributed by atoms with Crippen LogP contribution in [0.3, 0.4) is 0 Å². The van der Waals surface area contributed by atoms with Gasteiger partial charge in [-0.15, -0.1) is 0 Å². The average molecular weight is 285 g/mol. The van der Waals surface area contributed by atoms with Crippen LogP contribution in [0.25, 0.3) is 0 Å². The molecular weight excluding hydrogens is 265 g/mol. The number of carbonyl (C=O) groups excluding carboxylic acids is 1. The first-order valence-electron chi connectivity index (χ1n) is 7.23. The zero-order valence-electron chi connectivity index (χ0n) is 12.4. The molecule has 2 aromatic carbocycles. The molecule has 2 rings (SSSR count). The highest BCUT2D eigenvalue weighted by molar-refractivity contribution is 5.94. The van der Waals surface area contributed by atoms with Crippen molar-refractivity contribution in [3.63, 3.8) is 0 Å². The standard InChI is InChI=1S/C18H20FNO/c1-3-7-17(14-8-5-4-6-9-14)20-18(21)15-10-11-16(19)13(2)12-15/h4-6,8-12,17H,3,7H2,1-2H3,(H,20,21). The number of amides is 1. The summed E-state index contributed by atoms with van der Waals surface area (Å²) < 4.78 is 13.3. The topological polar surface area (TPSA) is 29.1 Å². The van der Waals surface area contributed by atoms with Gasteiger partial charge in [0.1, 0.15) is 5.82 Å². The van der Waals surface area contributed by atoms with Crippen molar-refractivity contribution in [3.05, 3.63) is 71.0 Å². The summed E-state index contributed by atoms with van der Waals surface area (Å²) in [6, 6.07) is 14.3. The fraction of sp³-hybridized carbons (Fsp3) is 0.278. The van der Waals surface area contributed by atoms with E-state index in [1.165, 1.54) is 12.1 Å². The van der Waals surface area contributed by atoms with Crippen molar-refractivity contribution in [2.24, 2.45) is 0 Å². The van der Waals surface area contributed by atoms with Crippen LogP contribution >= 0.6 is 0 Å². The molecule has 0 spiro atoms. The third kappa shape index (κ3) is 3.91. The molecule has 0 heterocycles. The predicted molar refractivity (Wildman–Crippen MR) is 82.7 cm³/mol. The van der Waals surface area contributed by atoms with Crippen molar-refractivity contribution in [2.45, 2.75) is 32.7 Å². The molecule has 0 aromatic heterocycles. The molecule has 0 radical (unpaired) electrons. The Kier molecular flexibility index (Phi) is 5.09. The van der Waals surface area contributed by atoms with Crippen LogP contribution in [-0.4, -0.2) is 5.91 Å². The molecule has 0 aliphatic rings. The lowest BCUT2D eigenvalue weighted by Crippen LogP contribution is -2.28. The summed E-state index contributed by atoms with van der Waals surface area (Å²) >= 11 is 0. The van der Waals surface area contributed by atoms with E-state index in [4.69, 9.17) is 0 Å². The monoisotopic (exact) mass is 285 g/mol. The SMILES string of the molecule is CCCC(NC(=O)c1ccc(F)c(C)c1)c1ccccc1. The fourth-order valence-electron chi connectivity index (χ4n) is 2.32. The van der Waals surface area contributed by atoms with Crippen molar-refractivity contribution >= 4 is 5.91 Å². The van der Waals surface area contributed by atoms with Gasteiger partial charge in [-0.05, 0) is 42.7 Å². The van der Waals surface area contributed by atoms with Gasteiger partial charge in [0.2, 0.25) is 0 Å². The molecule has 2 aromatic rings. The molecule has 0 fully saturated rings. The number of benzene rings is 2. The van der Waals surface area contributed by atoms with Gasteiger partial charge in [-0.2, -0.15) is 0 Å². The largest absolute Gasteiger partial charge is 0.345 e. The van der Waals surface area contributed by atoms with E-state index in [9.17, 15) is 9.18 Å². The Morgan fingerprint density at radius 2 is 1.90 bits per heavy atom. The van der Waals surface area contributed by atoms with Gasteiger partial charge in [-0.25, -0.2) is 4.39 Å². The summed E-state index contributed by atoms with van der Waals surface area (Å²) in [5, 5.41) is 3.04. The number of nitrogens with one attached hydrogen (secondary N) is 1. The molecule has 21 heavy (non-hydrogen) atoms. The Balaban J connectivity index is 2.16.